The van der Waals surface area contributed by atoms with Crippen LogP contribution in [0.25, 0.3) is 17.8 Å². The van der Waals surface area contributed by atoms with E-state index in [2.05, 4.69) is 62.3 Å². The molecule has 230 valence electrons. The molecule has 44 heavy (non-hydrogen) atoms. The van der Waals surface area contributed by atoms with E-state index in [1.54, 1.807) is 4.80 Å². The van der Waals surface area contributed by atoms with Crippen molar-refractivity contribution in [3.05, 3.63) is 76.1 Å². The molecular weight excluding hydrogens is 556 g/mol. The number of carbonyl (C=O) groups excluding carboxylic acids is 3. The number of phenolic OH excluding ortho intramolecular Hbond substituents is 1. The third-order valence-electron chi connectivity index (χ3n) is 7.93. The van der Waals surface area contributed by atoms with Crippen molar-refractivity contribution in [2.75, 3.05) is 11.4 Å². The lowest BCUT2D eigenvalue weighted by Gasteiger charge is -2.34. The number of hydrogen-bond donors (Lipinski definition) is 3. The fourth-order valence-corrected chi connectivity index (χ4v) is 6.09. The second-order valence-electron chi connectivity index (χ2n) is 13.3. The summed E-state index contributed by atoms with van der Waals surface area (Å²) >= 11 is 0. The highest BCUT2D eigenvalue weighted by atomic mass is 16.3. The molecule has 0 atom stereocenters. The van der Waals surface area contributed by atoms with Crippen molar-refractivity contribution in [2.45, 2.75) is 72.8 Å². The lowest BCUT2D eigenvalue weighted by atomic mass is 9.72. The number of nitrogens with zero attached hydrogens (tertiary/aromatic N) is 4. The summed E-state index contributed by atoms with van der Waals surface area (Å²) in [6, 6.07) is 10.7. The Kier molecular flexibility index (Phi) is 8.20. The Hall–Kier alpha value is -4.73. The normalized spacial score (nSPS) is 15.1. The number of fused-ring (bicyclic) bond motifs is 1. The molecule has 1 aromatic heterocycles. The molecule has 1 aliphatic carbocycles. The van der Waals surface area contributed by atoms with Crippen molar-refractivity contribution in [3.8, 4) is 11.4 Å². The number of amides is 4. The van der Waals surface area contributed by atoms with Crippen LogP contribution in [-0.4, -0.2) is 44.5 Å². The smallest absolute Gasteiger partial charge is 0.328 e. The van der Waals surface area contributed by atoms with Gasteiger partial charge in [0.15, 0.2) is 0 Å². The molecule has 10 heteroatoms. The van der Waals surface area contributed by atoms with E-state index in [1.165, 1.54) is 6.08 Å². The maximum atomic E-state index is 12.1. The van der Waals surface area contributed by atoms with E-state index >= 15 is 0 Å². The molecule has 0 saturated carbocycles. The summed E-state index contributed by atoms with van der Waals surface area (Å²) < 4.78 is 0. The molecule has 3 N–H and O–H groups in total. The number of aromatic hydroxyl groups is 1. The van der Waals surface area contributed by atoms with Crippen LogP contribution in [0.5, 0.6) is 5.75 Å². The molecule has 1 saturated heterocycles. The van der Waals surface area contributed by atoms with Crippen molar-refractivity contribution in [3.63, 3.8) is 0 Å². The lowest BCUT2D eigenvalue weighted by molar-refractivity contribution is -0.123. The molecule has 1 fully saturated rings. The second kappa shape index (κ2) is 11.7. The number of aromatic nitrogens is 3. The number of imide groups is 2. The fourth-order valence-electron chi connectivity index (χ4n) is 6.09. The standard InChI is InChI=1S/C34H40N6O4/c1-7-39(24-14-12-21(13-15-24)16-25-30(42)35-32(44)36-31(25)43)19-22-17-23(34(5,6)20-33(2,3)4)18-28(29(22)41)40-37-26-10-8-9-11-27(26)38-40/h8,10,12-18,41H,7,9,11,19-20H2,1-6H3,(H2,35,36,42,43,44). The van der Waals surface area contributed by atoms with Gasteiger partial charge in [0.25, 0.3) is 11.8 Å². The molecule has 10 nitrogen and oxygen atoms in total. The lowest BCUT2D eigenvalue weighted by Crippen LogP contribution is -2.51. The number of urea groups is 1. The number of barbiturate groups is 1. The molecule has 4 amide bonds. The zero-order valence-electron chi connectivity index (χ0n) is 26.2. The van der Waals surface area contributed by atoms with E-state index in [9.17, 15) is 19.5 Å². The minimum Gasteiger partial charge on any atom is -0.505 e. The van der Waals surface area contributed by atoms with Crippen molar-refractivity contribution in [1.82, 2.24) is 25.6 Å². The van der Waals surface area contributed by atoms with Gasteiger partial charge in [-0.05, 0) is 84.6 Å². The molecular formula is C34H40N6O4. The van der Waals surface area contributed by atoms with Crippen LogP contribution >= 0.6 is 0 Å². The molecule has 0 spiro atoms. The van der Waals surface area contributed by atoms with Gasteiger partial charge in [0.1, 0.15) is 22.7 Å². The van der Waals surface area contributed by atoms with Crippen LogP contribution in [-0.2, 0) is 28.0 Å². The molecule has 1 aliphatic heterocycles. The van der Waals surface area contributed by atoms with Crippen LogP contribution in [0.3, 0.4) is 0 Å². The maximum Gasteiger partial charge on any atom is 0.328 e. The van der Waals surface area contributed by atoms with Crippen molar-refractivity contribution in [1.29, 1.82) is 0 Å². The van der Waals surface area contributed by atoms with Crippen LogP contribution < -0.4 is 15.5 Å². The van der Waals surface area contributed by atoms with Gasteiger partial charge in [-0.25, -0.2) is 4.79 Å². The van der Waals surface area contributed by atoms with Crippen LogP contribution in [0, 0.1) is 5.41 Å². The number of nitrogens with one attached hydrogen (secondary N) is 2. The monoisotopic (exact) mass is 596 g/mol. The van der Waals surface area contributed by atoms with E-state index < -0.39 is 17.8 Å². The minimum absolute atomic E-state index is 0.0938. The van der Waals surface area contributed by atoms with Gasteiger partial charge in [-0.1, -0.05) is 52.8 Å². The Morgan fingerprint density at radius 2 is 1.68 bits per heavy atom. The molecule has 5 rings (SSSR count). The molecule has 0 bridgehead atoms. The van der Waals surface area contributed by atoms with Crippen molar-refractivity contribution >= 4 is 35.7 Å². The van der Waals surface area contributed by atoms with E-state index in [0.29, 0.717) is 24.3 Å². The summed E-state index contributed by atoms with van der Waals surface area (Å²) in [5.74, 6) is -1.33. The van der Waals surface area contributed by atoms with Crippen LogP contribution in [0.15, 0.2) is 48.0 Å². The average Bonchev–Trinajstić information content (AvgIpc) is 3.37. The predicted octanol–water partition coefficient (Wildman–Crippen LogP) is 5.42. The number of aryl methyl sites for hydroxylation is 1. The van der Waals surface area contributed by atoms with Gasteiger partial charge < -0.3 is 10.0 Å². The van der Waals surface area contributed by atoms with Crippen LogP contribution in [0.1, 0.15) is 82.5 Å². The predicted molar refractivity (Wildman–Crippen MR) is 170 cm³/mol. The summed E-state index contributed by atoms with van der Waals surface area (Å²) in [6.07, 6.45) is 8.20. The quantitative estimate of drug-likeness (QED) is 0.234. The first kappa shape index (κ1) is 30.7. The first-order chi connectivity index (χ1) is 20.7. The fraction of sp³-hybridized carbons (Fsp3) is 0.382. The Morgan fingerprint density at radius 3 is 2.30 bits per heavy atom. The van der Waals surface area contributed by atoms with Gasteiger partial charge in [-0.3, -0.25) is 20.2 Å². The first-order valence-electron chi connectivity index (χ1n) is 15.0. The highest BCUT2D eigenvalue weighted by molar-refractivity contribution is 6.31. The number of benzene rings is 2. The topological polar surface area (TPSA) is 129 Å². The van der Waals surface area contributed by atoms with Gasteiger partial charge in [0, 0.05) is 24.3 Å². The molecule has 2 heterocycles. The zero-order valence-corrected chi connectivity index (χ0v) is 26.2. The summed E-state index contributed by atoms with van der Waals surface area (Å²) in [4.78, 5) is 39.3. The Balaban J connectivity index is 1.49. The largest absolute Gasteiger partial charge is 0.505 e. The third-order valence-corrected chi connectivity index (χ3v) is 7.93. The van der Waals surface area contributed by atoms with Crippen molar-refractivity contribution in [2.24, 2.45) is 5.41 Å². The molecule has 2 aliphatic rings. The Morgan fingerprint density at radius 1 is 1.00 bits per heavy atom. The van der Waals surface area contributed by atoms with Gasteiger partial charge in [-0.15, -0.1) is 9.90 Å². The summed E-state index contributed by atoms with van der Waals surface area (Å²) in [5, 5.41) is 25.3. The van der Waals surface area contributed by atoms with Gasteiger partial charge in [-0.2, -0.15) is 5.10 Å². The maximum absolute atomic E-state index is 12.1. The highest BCUT2D eigenvalue weighted by Gasteiger charge is 2.30. The van der Waals surface area contributed by atoms with Gasteiger partial charge in [0.05, 0.1) is 5.69 Å². The number of allylic oxidation sites excluding steroid dienone is 1. The van der Waals surface area contributed by atoms with Crippen LogP contribution in [0.4, 0.5) is 10.5 Å². The van der Waals surface area contributed by atoms with Crippen molar-refractivity contribution < 1.29 is 19.5 Å². The number of phenols is 1. The Bertz CT molecular complexity index is 1650. The number of hydrogen-bond acceptors (Lipinski definition) is 7. The minimum atomic E-state index is -0.830. The number of anilines is 1. The molecule has 0 unspecified atom stereocenters. The Labute approximate surface area is 257 Å². The van der Waals surface area contributed by atoms with Gasteiger partial charge in [0.2, 0.25) is 0 Å². The highest BCUT2D eigenvalue weighted by Crippen LogP contribution is 2.40. The van der Waals surface area contributed by atoms with E-state index in [0.717, 1.165) is 47.5 Å². The first-order valence-corrected chi connectivity index (χ1v) is 15.0. The SMILES string of the molecule is CCN(Cc1cc(C(C)(C)CC(C)(C)C)cc(-n2nc3c(n2)CCC=C3)c1O)c1ccc(C=C2C(=O)NC(=O)NC2=O)cc1. The second-order valence-corrected chi connectivity index (χ2v) is 13.3. The number of rotatable bonds is 8. The average molecular weight is 597 g/mol. The molecule has 0 radical (unpaired) electrons. The summed E-state index contributed by atoms with van der Waals surface area (Å²) in [7, 11) is 0. The summed E-state index contributed by atoms with van der Waals surface area (Å²) in [5.41, 5.74) is 5.49. The van der Waals surface area contributed by atoms with Gasteiger partial charge >= 0.3 is 6.03 Å². The molecule has 3 aromatic rings. The molecule has 2 aromatic carbocycles. The van der Waals surface area contributed by atoms with E-state index in [4.69, 9.17) is 10.2 Å². The number of carbonyl (C=O) groups is 3. The van der Waals surface area contributed by atoms with Crippen LogP contribution in [0.2, 0.25) is 0 Å². The van der Waals surface area contributed by atoms with E-state index in [-0.39, 0.29) is 22.2 Å². The van der Waals surface area contributed by atoms with E-state index in [1.807, 2.05) is 43.3 Å². The zero-order chi connectivity index (χ0) is 31.8. The summed E-state index contributed by atoms with van der Waals surface area (Å²) in [6.45, 7) is 14.3. The third kappa shape index (κ3) is 6.59.